The van der Waals surface area contributed by atoms with Crippen molar-refractivity contribution in [3.05, 3.63) is 65.9 Å². The minimum absolute atomic E-state index is 0.345. The Labute approximate surface area is 144 Å². The highest BCUT2D eigenvalue weighted by Gasteiger charge is 2.31. The molecule has 0 bridgehead atoms. The molecule has 24 heavy (non-hydrogen) atoms. The molecule has 0 aliphatic heterocycles. The maximum atomic E-state index is 5.02. The van der Waals surface area contributed by atoms with E-state index in [0.717, 1.165) is 24.3 Å². The van der Waals surface area contributed by atoms with Crippen molar-refractivity contribution in [3.8, 4) is 11.1 Å². The SMILES string of the molecule is CC(C)(C)C1CCc2nc3ccccc3c(-c3ccccc3)c2C1. The number of rotatable bonds is 1. The lowest BCUT2D eigenvalue weighted by Crippen LogP contribution is -2.27. The predicted molar refractivity (Wildman–Crippen MR) is 102 cm³/mol. The number of fused-ring (bicyclic) bond motifs is 2. The average molecular weight is 315 g/mol. The molecule has 0 spiro atoms. The molecule has 1 aliphatic carbocycles. The number of aromatic nitrogens is 1. The van der Waals surface area contributed by atoms with Crippen molar-refractivity contribution in [2.24, 2.45) is 11.3 Å². The molecule has 1 heterocycles. The summed E-state index contributed by atoms with van der Waals surface area (Å²) in [6.45, 7) is 7.12. The number of pyridine rings is 1. The van der Waals surface area contributed by atoms with Gasteiger partial charge < -0.3 is 0 Å². The minimum Gasteiger partial charge on any atom is -0.253 e. The van der Waals surface area contributed by atoms with Gasteiger partial charge in [0.2, 0.25) is 0 Å². The number of para-hydroxylation sites is 1. The van der Waals surface area contributed by atoms with E-state index < -0.39 is 0 Å². The minimum atomic E-state index is 0.345. The van der Waals surface area contributed by atoms with Gasteiger partial charge in [-0.3, -0.25) is 4.98 Å². The Bertz CT molecular complexity index is 872. The predicted octanol–water partition coefficient (Wildman–Crippen LogP) is 6.05. The van der Waals surface area contributed by atoms with Crippen LogP contribution in [0.1, 0.15) is 38.4 Å². The second-order valence-electron chi connectivity index (χ2n) is 8.10. The third-order valence-corrected chi connectivity index (χ3v) is 5.55. The molecular weight excluding hydrogens is 290 g/mol. The Morgan fingerprint density at radius 1 is 0.917 bits per heavy atom. The Hall–Kier alpha value is -2.15. The third-order valence-electron chi connectivity index (χ3n) is 5.55. The zero-order chi connectivity index (χ0) is 16.7. The van der Waals surface area contributed by atoms with Crippen molar-refractivity contribution < 1.29 is 0 Å². The zero-order valence-electron chi connectivity index (χ0n) is 14.8. The molecule has 1 nitrogen and oxygen atoms in total. The fourth-order valence-electron chi connectivity index (χ4n) is 4.06. The smallest absolute Gasteiger partial charge is 0.0711 e. The van der Waals surface area contributed by atoms with Crippen molar-refractivity contribution >= 4 is 10.9 Å². The van der Waals surface area contributed by atoms with Gasteiger partial charge in [-0.2, -0.15) is 0 Å². The molecule has 0 saturated heterocycles. The van der Waals surface area contributed by atoms with Gasteiger partial charge in [0.1, 0.15) is 0 Å². The van der Waals surface area contributed by atoms with Gasteiger partial charge >= 0.3 is 0 Å². The maximum Gasteiger partial charge on any atom is 0.0711 e. The first-order valence-corrected chi connectivity index (χ1v) is 9.00. The zero-order valence-corrected chi connectivity index (χ0v) is 14.8. The van der Waals surface area contributed by atoms with Crippen LogP contribution in [0.15, 0.2) is 54.6 Å². The highest BCUT2D eigenvalue weighted by Crippen LogP contribution is 2.42. The Morgan fingerprint density at radius 2 is 1.62 bits per heavy atom. The maximum absolute atomic E-state index is 5.02. The quantitative estimate of drug-likeness (QED) is 0.532. The van der Waals surface area contributed by atoms with Crippen LogP contribution >= 0.6 is 0 Å². The van der Waals surface area contributed by atoms with E-state index in [1.165, 1.54) is 34.2 Å². The van der Waals surface area contributed by atoms with Crippen molar-refractivity contribution in [2.45, 2.75) is 40.0 Å². The van der Waals surface area contributed by atoms with Gasteiger partial charge in [-0.05, 0) is 53.4 Å². The molecule has 0 radical (unpaired) electrons. The lowest BCUT2D eigenvalue weighted by Gasteiger charge is -2.35. The van der Waals surface area contributed by atoms with E-state index in [9.17, 15) is 0 Å². The highest BCUT2D eigenvalue weighted by molar-refractivity contribution is 5.96. The van der Waals surface area contributed by atoms with Crippen molar-refractivity contribution in [1.82, 2.24) is 4.98 Å². The highest BCUT2D eigenvalue weighted by atomic mass is 14.7. The summed E-state index contributed by atoms with van der Waals surface area (Å²) >= 11 is 0. The molecule has 1 atom stereocenters. The summed E-state index contributed by atoms with van der Waals surface area (Å²) in [6, 6.07) is 19.5. The standard InChI is InChI=1S/C23H25N/c1-23(2,3)17-13-14-21-19(15-17)22(16-9-5-4-6-10-16)18-11-7-8-12-20(18)24-21/h4-12,17H,13-15H2,1-3H3. The molecule has 4 rings (SSSR count). The van der Waals surface area contributed by atoms with Crippen LogP contribution in [0.2, 0.25) is 0 Å². The van der Waals surface area contributed by atoms with Crippen LogP contribution in [0, 0.1) is 11.3 Å². The van der Waals surface area contributed by atoms with Gasteiger partial charge in [0.25, 0.3) is 0 Å². The van der Waals surface area contributed by atoms with Crippen molar-refractivity contribution in [1.29, 1.82) is 0 Å². The van der Waals surface area contributed by atoms with Crippen LogP contribution in [0.25, 0.3) is 22.0 Å². The molecule has 122 valence electrons. The van der Waals surface area contributed by atoms with E-state index in [1.807, 2.05) is 0 Å². The van der Waals surface area contributed by atoms with Crippen LogP contribution in [-0.4, -0.2) is 4.98 Å². The third kappa shape index (κ3) is 2.62. The summed E-state index contributed by atoms with van der Waals surface area (Å²) in [5, 5.41) is 1.29. The van der Waals surface area contributed by atoms with Crippen LogP contribution in [-0.2, 0) is 12.8 Å². The Balaban J connectivity index is 1.98. The first-order valence-electron chi connectivity index (χ1n) is 9.00. The molecule has 0 saturated carbocycles. The summed E-state index contributed by atoms with van der Waals surface area (Å²) in [5.74, 6) is 0.718. The number of hydrogen-bond acceptors (Lipinski definition) is 1. The lowest BCUT2D eigenvalue weighted by molar-refractivity contribution is 0.215. The van der Waals surface area contributed by atoms with Gasteiger partial charge in [0, 0.05) is 11.1 Å². The number of aryl methyl sites for hydroxylation is 1. The molecule has 1 aliphatic rings. The first-order chi connectivity index (χ1) is 11.5. The second kappa shape index (κ2) is 5.73. The van der Waals surface area contributed by atoms with Crippen LogP contribution in [0.3, 0.4) is 0 Å². The largest absolute Gasteiger partial charge is 0.253 e. The summed E-state index contributed by atoms with van der Waals surface area (Å²) in [7, 11) is 0. The molecule has 3 aromatic rings. The van der Waals surface area contributed by atoms with Gasteiger partial charge in [-0.15, -0.1) is 0 Å². The van der Waals surface area contributed by atoms with E-state index in [4.69, 9.17) is 4.98 Å². The summed E-state index contributed by atoms with van der Waals surface area (Å²) in [5.41, 5.74) is 6.99. The van der Waals surface area contributed by atoms with E-state index in [2.05, 4.69) is 75.4 Å². The van der Waals surface area contributed by atoms with E-state index in [-0.39, 0.29) is 0 Å². The van der Waals surface area contributed by atoms with Gasteiger partial charge in [0.15, 0.2) is 0 Å². The normalized spacial score (nSPS) is 17.7. The van der Waals surface area contributed by atoms with Crippen LogP contribution in [0.5, 0.6) is 0 Å². The molecule has 2 aromatic carbocycles. The summed E-state index contributed by atoms with van der Waals surface area (Å²) < 4.78 is 0. The molecular formula is C23H25N. The summed E-state index contributed by atoms with van der Waals surface area (Å²) in [6.07, 6.45) is 3.49. The molecule has 1 aromatic heterocycles. The Kier molecular flexibility index (Phi) is 3.68. The topological polar surface area (TPSA) is 12.9 Å². The van der Waals surface area contributed by atoms with Crippen LogP contribution in [0.4, 0.5) is 0 Å². The number of benzene rings is 2. The second-order valence-corrected chi connectivity index (χ2v) is 8.10. The van der Waals surface area contributed by atoms with Crippen molar-refractivity contribution in [3.63, 3.8) is 0 Å². The fraction of sp³-hybridized carbons (Fsp3) is 0.348. The monoisotopic (exact) mass is 315 g/mol. The molecule has 0 amide bonds. The first kappa shape index (κ1) is 15.4. The van der Waals surface area contributed by atoms with Crippen LogP contribution < -0.4 is 0 Å². The van der Waals surface area contributed by atoms with Gasteiger partial charge in [0.05, 0.1) is 5.52 Å². The number of nitrogens with zero attached hydrogens (tertiary/aromatic N) is 1. The van der Waals surface area contributed by atoms with Gasteiger partial charge in [-0.1, -0.05) is 69.3 Å². The fourth-order valence-corrected chi connectivity index (χ4v) is 4.06. The van der Waals surface area contributed by atoms with Crippen molar-refractivity contribution in [2.75, 3.05) is 0 Å². The molecule has 0 fully saturated rings. The van der Waals surface area contributed by atoms with E-state index in [1.54, 1.807) is 0 Å². The molecule has 1 unspecified atom stereocenters. The average Bonchev–Trinajstić information content (AvgIpc) is 2.59. The molecule has 0 N–H and O–H groups in total. The van der Waals surface area contributed by atoms with E-state index in [0.29, 0.717) is 5.41 Å². The molecule has 1 heteroatoms. The van der Waals surface area contributed by atoms with Gasteiger partial charge in [-0.25, -0.2) is 0 Å². The van der Waals surface area contributed by atoms with E-state index >= 15 is 0 Å². The summed E-state index contributed by atoms with van der Waals surface area (Å²) in [4.78, 5) is 5.02. The lowest BCUT2D eigenvalue weighted by atomic mass is 9.70. The number of hydrogen-bond donors (Lipinski definition) is 0. The Morgan fingerprint density at radius 3 is 2.38 bits per heavy atom.